The molecular weight excluding hydrogens is 598 g/mol. The van der Waals surface area contributed by atoms with E-state index in [2.05, 4.69) is 78.0 Å². The van der Waals surface area contributed by atoms with Crippen LogP contribution in [0.1, 0.15) is 28.7 Å². The number of hydrogen-bond acceptors (Lipinski definition) is 7. The van der Waals surface area contributed by atoms with Crippen LogP contribution in [-0.2, 0) is 29.2 Å². The van der Waals surface area contributed by atoms with Gasteiger partial charge >= 0.3 is 0 Å². The molecule has 0 spiro atoms. The maximum Gasteiger partial charge on any atom is 0.184 e. The molecule has 0 saturated carbocycles. The highest BCUT2D eigenvalue weighted by molar-refractivity contribution is 7.85. The predicted molar refractivity (Wildman–Crippen MR) is 174 cm³/mol. The van der Waals surface area contributed by atoms with Crippen LogP contribution in [0.5, 0.6) is 0 Å². The summed E-state index contributed by atoms with van der Waals surface area (Å²) in [5.41, 5.74) is 7.27. The molecule has 232 valence electrons. The number of fused-ring (bicyclic) bond motifs is 2. The largest absolute Gasteiger partial charge is 0.744 e. The van der Waals surface area contributed by atoms with Crippen LogP contribution in [0.4, 0.5) is 0 Å². The molecule has 11 heteroatoms. The molecule has 0 radical (unpaired) electrons. The molecule has 0 aliphatic carbocycles. The molecule has 0 atom stereocenters. The van der Waals surface area contributed by atoms with E-state index in [1.165, 1.54) is 23.3 Å². The van der Waals surface area contributed by atoms with E-state index in [9.17, 15) is 13.0 Å². The fourth-order valence-electron chi connectivity index (χ4n) is 5.52. The van der Waals surface area contributed by atoms with Crippen LogP contribution >= 0.6 is 0 Å². The normalized spacial score (nSPS) is 11.8. The van der Waals surface area contributed by atoms with Crippen molar-refractivity contribution < 1.29 is 17.5 Å². The van der Waals surface area contributed by atoms with E-state index in [1.807, 2.05) is 64.3 Å². The molecule has 3 heterocycles. The summed E-state index contributed by atoms with van der Waals surface area (Å²) < 4.78 is 37.3. The lowest BCUT2D eigenvalue weighted by atomic mass is 9.91. The second kappa shape index (κ2) is 12.6. The quantitative estimate of drug-likeness (QED) is 0.177. The van der Waals surface area contributed by atoms with Gasteiger partial charge in [0.1, 0.15) is 28.2 Å². The highest BCUT2D eigenvalue weighted by atomic mass is 32.2. The predicted octanol–water partition coefficient (Wildman–Crippen LogP) is 5.09. The summed E-state index contributed by atoms with van der Waals surface area (Å²) in [5.74, 6) is 0. The van der Waals surface area contributed by atoms with Gasteiger partial charge in [-0.05, 0) is 62.2 Å². The zero-order valence-corrected chi connectivity index (χ0v) is 26.5. The molecule has 3 aromatic heterocycles. The number of benzene rings is 4. The third-order valence-corrected chi connectivity index (χ3v) is 8.89. The van der Waals surface area contributed by atoms with E-state index in [4.69, 9.17) is 10.4 Å². The first-order valence-electron chi connectivity index (χ1n) is 14.8. The summed E-state index contributed by atoms with van der Waals surface area (Å²) in [7, 11) is -2.24. The number of pyridine rings is 1. The number of para-hydroxylation sites is 2. The minimum Gasteiger partial charge on any atom is -0.744 e. The van der Waals surface area contributed by atoms with Gasteiger partial charge in [0.15, 0.2) is 18.1 Å². The molecule has 0 amide bonds. The summed E-state index contributed by atoms with van der Waals surface area (Å²) in [6.45, 7) is 3.92. The summed E-state index contributed by atoms with van der Waals surface area (Å²) >= 11 is 0. The maximum absolute atomic E-state index is 10.4. The number of rotatable bonds is 7. The van der Waals surface area contributed by atoms with Crippen molar-refractivity contribution in [1.82, 2.24) is 30.0 Å². The van der Waals surface area contributed by atoms with Crippen LogP contribution in [0.2, 0.25) is 0 Å². The molecule has 0 bridgehead atoms. The highest BCUT2D eigenvalue weighted by Crippen LogP contribution is 2.37. The van der Waals surface area contributed by atoms with Crippen LogP contribution in [-0.4, -0.2) is 43.0 Å². The van der Waals surface area contributed by atoms with E-state index in [-0.39, 0.29) is 4.90 Å². The van der Waals surface area contributed by atoms with Crippen molar-refractivity contribution >= 4 is 32.2 Å². The van der Waals surface area contributed by atoms with Crippen LogP contribution < -0.4 is 4.57 Å². The van der Waals surface area contributed by atoms with E-state index >= 15 is 0 Å². The third-order valence-electron chi connectivity index (χ3n) is 8.04. The van der Waals surface area contributed by atoms with E-state index in [0.717, 1.165) is 39.6 Å². The fourth-order valence-corrected chi connectivity index (χ4v) is 5.99. The zero-order valence-electron chi connectivity index (χ0n) is 25.7. The monoisotopic (exact) mass is 631 g/mol. The summed E-state index contributed by atoms with van der Waals surface area (Å²) in [5, 5.41) is 18.5. The Kier molecular flexibility index (Phi) is 8.44. The lowest BCUT2D eigenvalue weighted by Gasteiger charge is -2.35. The Labute approximate surface area is 267 Å². The fraction of sp³-hybridized carbons (Fsp3) is 0.171. The smallest absolute Gasteiger partial charge is 0.184 e. The Morgan fingerprint density at radius 3 is 1.67 bits per heavy atom. The highest BCUT2D eigenvalue weighted by Gasteiger charge is 2.41. The van der Waals surface area contributed by atoms with Crippen LogP contribution in [0.3, 0.4) is 0 Å². The first kappa shape index (κ1) is 30.8. The lowest BCUT2D eigenvalue weighted by molar-refractivity contribution is -0.671. The molecule has 0 fully saturated rings. The number of nitrogens with zero attached hydrogens (tertiary/aromatic N) is 7. The van der Waals surface area contributed by atoms with Crippen molar-refractivity contribution in [2.75, 3.05) is 0 Å². The maximum atomic E-state index is 10.4. The van der Waals surface area contributed by atoms with Crippen molar-refractivity contribution in [3.63, 3.8) is 0 Å². The molecule has 7 rings (SSSR count). The molecule has 10 nitrogen and oxygen atoms in total. The van der Waals surface area contributed by atoms with Gasteiger partial charge in [0.2, 0.25) is 0 Å². The van der Waals surface area contributed by atoms with Gasteiger partial charge in [-0.2, -0.15) is 0 Å². The Morgan fingerprint density at radius 2 is 1.17 bits per heavy atom. The van der Waals surface area contributed by atoms with Crippen molar-refractivity contribution in [2.24, 2.45) is 7.05 Å². The van der Waals surface area contributed by atoms with Gasteiger partial charge < -0.3 is 4.55 Å². The summed E-state index contributed by atoms with van der Waals surface area (Å²) in [6.07, 6.45) is 5.69. The van der Waals surface area contributed by atoms with Crippen molar-refractivity contribution in [3.8, 4) is 0 Å². The Hall–Kier alpha value is -5.26. The van der Waals surface area contributed by atoms with Crippen molar-refractivity contribution in [2.45, 2.75) is 37.2 Å². The van der Waals surface area contributed by atoms with Gasteiger partial charge in [-0.25, -0.2) is 22.3 Å². The topological polar surface area (TPSA) is 122 Å². The van der Waals surface area contributed by atoms with Gasteiger partial charge in [0, 0.05) is 24.1 Å². The second-order valence-corrected chi connectivity index (χ2v) is 12.7. The van der Waals surface area contributed by atoms with Gasteiger partial charge in [0.25, 0.3) is 0 Å². The molecule has 0 unspecified atom stereocenters. The first-order valence-corrected chi connectivity index (χ1v) is 16.2. The standard InChI is InChI=1S/C28H26N7.C7H8O3S/c1-21-11-13-23(14-12-21)28(18-15-22-16-19-33(2)20-17-22,34-26-9-5-3-7-24(26)29-31-34)35-27-10-6-4-8-25(27)30-32-35;1-6-2-4-7(5-3-6)11(8,9)10/h3-14,16-17,19-20H,15,18H2,1-2H3;2-5H,1H3,(H,8,9,10)/q+1;/p-1. The zero-order chi connectivity index (χ0) is 32.3. The average molecular weight is 632 g/mol. The van der Waals surface area contributed by atoms with E-state index < -0.39 is 15.8 Å². The molecule has 46 heavy (non-hydrogen) atoms. The number of hydrogen-bond donors (Lipinski definition) is 0. The Balaban J connectivity index is 0.000000288. The minimum atomic E-state index is -4.27. The minimum absolute atomic E-state index is 0.178. The van der Waals surface area contributed by atoms with Crippen LogP contribution in [0.25, 0.3) is 22.1 Å². The summed E-state index contributed by atoms with van der Waals surface area (Å²) in [6, 6.07) is 34.9. The van der Waals surface area contributed by atoms with Gasteiger partial charge in [-0.3, -0.25) is 0 Å². The molecule has 0 N–H and O–H groups in total. The van der Waals surface area contributed by atoms with Crippen LogP contribution in [0.15, 0.2) is 126 Å². The van der Waals surface area contributed by atoms with Crippen LogP contribution in [0, 0.1) is 13.8 Å². The molecule has 0 aliphatic heterocycles. The Bertz CT molecular complexity index is 2130. The van der Waals surface area contributed by atoms with Gasteiger partial charge in [-0.1, -0.05) is 82.2 Å². The Morgan fingerprint density at radius 1 is 0.696 bits per heavy atom. The van der Waals surface area contributed by atoms with E-state index in [0.29, 0.717) is 6.42 Å². The van der Waals surface area contributed by atoms with Crippen molar-refractivity contribution in [1.29, 1.82) is 0 Å². The SMILES string of the molecule is Cc1ccc(C(CCc2cc[n+](C)cc2)(n2nnc3ccccc32)n2nnc3ccccc32)cc1.Cc1ccc(S(=O)(=O)[O-])cc1. The number of aryl methyl sites for hydroxylation is 4. The molecule has 7 aromatic rings. The number of aromatic nitrogens is 7. The average Bonchev–Trinajstić information content (AvgIpc) is 3.69. The van der Waals surface area contributed by atoms with E-state index in [1.54, 1.807) is 12.1 Å². The molecule has 4 aromatic carbocycles. The first-order chi connectivity index (χ1) is 22.1. The molecule has 0 saturated heterocycles. The summed E-state index contributed by atoms with van der Waals surface area (Å²) in [4.78, 5) is -0.178. The molecule has 0 aliphatic rings. The second-order valence-electron chi connectivity index (χ2n) is 11.3. The third kappa shape index (κ3) is 6.15. The molecular formula is C35H33N7O3S. The van der Waals surface area contributed by atoms with Gasteiger partial charge in [-0.15, -0.1) is 10.2 Å². The van der Waals surface area contributed by atoms with Gasteiger partial charge in [0.05, 0.1) is 15.9 Å². The van der Waals surface area contributed by atoms with Crippen molar-refractivity contribution in [3.05, 3.63) is 144 Å². The lowest BCUT2D eigenvalue weighted by Crippen LogP contribution is -2.44.